The largest absolute Gasteiger partial charge is 0.294 e. The molecule has 2 heterocycles. The maximum Gasteiger partial charge on any atom is 0.252 e. The molecule has 0 saturated heterocycles. The van der Waals surface area contributed by atoms with Gasteiger partial charge in [0.15, 0.2) is 0 Å². The van der Waals surface area contributed by atoms with Gasteiger partial charge in [-0.3, -0.25) is 15.1 Å². The summed E-state index contributed by atoms with van der Waals surface area (Å²) < 4.78 is 0. The molecule has 0 fully saturated rings. The summed E-state index contributed by atoms with van der Waals surface area (Å²) in [4.78, 5) is 28.3. The molecule has 2 aromatic carbocycles. The average molecular weight is 392 g/mol. The number of hydrogen-bond donors (Lipinski definition) is 2. The smallest absolute Gasteiger partial charge is 0.252 e. The van der Waals surface area contributed by atoms with Gasteiger partial charge >= 0.3 is 0 Å². The van der Waals surface area contributed by atoms with Gasteiger partial charge in [0.25, 0.3) is 5.56 Å². The van der Waals surface area contributed by atoms with E-state index in [2.05, 4.69) is 38.2 Å². The fraction of sp³-hybridized carbons (Fsp3) is 0.143. The van der Waals surface area contributed by atoms with Gasteiger partial charge in [0.05, 0.1) is 16.9 Å². The Hall–Kier alpha value is -3.25. The van der Waals surface area contributed by atoms with Gasteiger partial charge in [-0.05, 0) is 56.2 Å². The molecule has 2 aromatic heterocycles. The number of nitrogens with zero attached hydrogens (tertiary/aromatic N) is 3. The van der Waals surface area contributed by atoms with E-state index in [0.29, 0.717) is 16.7 Å². The molecule has 4 aromatic rings. The molecule has 0 saturated carbocycles. The molecule has 6 nitrogen and oxygen atoms in total. The second-order valence-corrected chi connectivity index (χ2v) is 7.13. The van der Waals surface area contributed by atoms with Gasteiger partial charge in [0.2, 0.25) is 11.9 Å². The SMILES string of the molecule is Cc1cc2nc(Nc3nc(-c4ccc(Cl)cc4)cc(=O)[nH]3)nc(C)c2cc1C. The van der Waals surface area contributed by atoms with Crippen LogP contribution in [0.4, 0.5) is 11.9 Å². The Morgan fingerprint density at radius 1 is 0.929 bits per heavy atom. The highest BCUT2D eigenvalue weighted by Crippen LogP contribution is 2.23. The van der Waals surface area contributed by atoms with Crippen LogP contribution in [0.5, 0.6) is 0 Å². The zero-order valence-corrected chi connectivity index (χ0v) is 16.4. The number of benzene rings is 2. The van der Waals surface area contributed by atoms with Gasteiger partial charge in [0.1, 0.15) is 0 Å². The molecule has 0 radical (unpaired) electrons. The van der Waals surface area contributed by atoms with Crippen molar-refractivity contribution in [2.45, 2.75) is 20.8 Å². The van der Waals surface area contributed by atoms with E-state index in [9.17, 15) is 4.79 Å². The van der Waals surface area contributed by atoms with Crippen LogP contribution in [-0.2, 0) is 0 Å². The molecular formula is C21H18ClN5O. The van der Waals surface area contributed by atoms with Crippen LogP contribution in [0.1, 0.15) is 16.8 Å². The molecule has 0 spiro atoms. The van der Waals surface area contributed by atoms with Crippen LogP contribution in [0, 0.1) is 20.8 Å². The lowest BCUT2D eigenvalue weighted by Crippen LogP contribution is -2.12. The van der Waals surface area contributed by atoms with Gasteiger partial charge in [-0.2, -0.15) is 0 Å². The predicted molar refractivity (Wildman–Crippen MR) is 112 cm³/mol. The minimum atomic E-state index is -0.272. The summed E-state index contributed by atoms with van der Waals surface area (Å²) in [7, 11) is 0. The maximum absolute atomic E-state index is 12.1. The minimum absolute atomic E-state index is 0.272. The first-order chi connectivity index (χ1) is 13.4. The summed E-state index contributed by atoms with van der Waals surface area (Å²) in [5, 5.41) is 4.65. The Morgan fingerprint density at radius 2 is 1.64 bits per heavy atom. The fourth-order valence-electron chi connectivity index (χ4n) is 2.99. The van der Waals surface area contributed by atoms with Crippen LogP contribution >= 0.6 is 11.6 Å². The van der Waals surface area contributed by atoms with Crippen molar-refractivity contribution in [3.05, 3.63) is 74.7 Å². The van der Waals surface area contributed by atoms with E-state index in [4.69, 9.17) is 11.6 Å². The van der Waals surface area contributed by atoms with E-state index in [1.807, 2.05) is 32.0 Å². The number of fused-ring (bicyclic) bond motifs is 1. The van der Waals surface area contributed by atoms with Crippen LogP contribution in [-0.4, -0.2) is 19.9 Å². The molecule has 0 bridgehead atoms. The van der Waals surface area contributed by atoms with Gasteiger partial charge in [-0.25, -0.2) is 15.0 Å². The van der Waals surface area contributed by atoms with Crippen molar-refractivity contribution in [2.24, 2.45) is 0 Å². The van der Waals surface area contributed by atoms with Crippen molar-refractivity contribution in [2.75, 3.05) is 5.32 Å². The van der Waals surface area contributed by atoms with Crippen LogP contribution < -0.4 is 10.9 Å². The van der Waals surface area contributed by atoms with Gasteiger partial charge < -0.3 is 0 Å². The molecule has 2 N–H and O–H groups in total. The zero-order chi connectivity index (χ0) is 19.8. The fourth-order valence-corrected chi connectivity index (χ4v) is 3.11. The Morgan fingerprint density at radius 3 is 2.39 bits per heavy atom. The zero-order valence-electron chi connectivity index (χ0n) is 15.7. The molecule has 28 heavy (non-hydrogen) atoms. The van der Waals surface area contributed by atoms with Gasteiger partial charge in [-0.1, -0.05) is 23.7 Å². The Bertz CT molecular complexity index is 1250. The summed E-state index contributed by atoms with van der Waals surface area (Å²) >= 11 is 5.94. The van der Waals surface area contributed by atoms with Crippen molar-refractivity contribution < 1.29 is 0 Å². The van der Waals surface area contributed by atoms with E-state index >= 15 is 0 Å². The molecule has 4 rings (SSSR count). The van der Waals surface area contributed by atoms with Crippen LogP contribution in [0.3, 0.4) is 0 Å². The Kier molecular flexibility index (Phi) is 4.57. The second kappa shape index (κ2) is 7.05. The number of H-pyrrole nitrogens is 1. The van der Waals surface area contributed by atoms with E-state index in [1.165, 1.54) is 11.6 Å². The number of halogens is 1. The number of aromatic amines is 1. The first-order valence-electron chi connectivity index (χ1n) is 8.79. The number of nitrogens with one attached hydrogen (secondary N) is 2. The molecule has 140 valence electrons. The Labute approximate surface area is 166 Å². The first-order valence-corrected chi connectivity index (χ1v) is 9.17. The highest BCUT2D eigenvalue weighted by molar-refractivity contribution is 6.30. The molecule has 0 unspecified atom stereocenters. The molecule has 0 aliphatic heterocycles. The van der Waals surface area contributed by atoms with Crippen LogP contribution in [0.2, 0.25) is 5.02 Å². The van der Waals surface area contributed by atoms with Crippen molar-refractivity contribution in [1.29, 1.82) is 0 Å². The lowest BCUT2D eigenvalue weighted by Gasteiger charge is -2.10. The molecule has 7 heteroatoms. The molecule has 0 aliphatic carbocycles. The summed E-state index contributed by atoms with van der Waals surface area (Å²) in [5.41, 5.74) is 5.11. The topological polar surface area (TPSA) is 83.6 Å². The van der Waals surface area contributed by atoms with Crippen LogP contribution in [0.25, 0.3) is 22.2 Å². The summed E-state index contributed by atoms with van der Waals surface area (Å²) in [6.45, 7) is 6.05. The van der Waals surface area contributed by atoms with Gasteiger partial charge in [0, 0.05) is 22.0 Å². The third-order valence-corrected chi connectivity index (χ3v) is 4.87. The summed E-state index contributed by atoms with van der Waals surface area (Å²) in [5.74, 6) is 0.657. The van der Waals surface area contributed by atoms with Crippen molar-refractivity contribution >= 4 is 34.4 Å². The van der Waals surface area contributed by atoms with Gasteiger partial charge in [-0.15, -0.1) is 0 Å². The molecular weight excluding hydrogens is 374 g/mol. The summed E-state index contributed by atoms with van der Waals surface area (Å²) in [6.07, 6.45) is 0. The number of aromatic nitrogens is 4. The number of hydrogen-bond acceptors (Lipinski definition) is 5. The lowest BCUT2D eigenvalue weighted by atomic mass is 10.1. The first kappa shape index (κ1) is 18.1. The minimum Gasteiger partial charge on any atom is -0.294 e. The third kappa shape index (κ3) is 3.59. The van der Waals surface area contributed by atoms with Crippen molar-refractivity contribution in [3.8, 4) is 11.3 Å². The monoisotopic (exact) mass is 391 g/mol. The van der Waals surface area contributed by atoms with E-state index in [-0.39, 0.29) is 11.5 Å². The number of anilines is 2. The van der Waals surface area contributed by atoms with E-state index in [0.717, 1.165) is 27.7 Å². The van der Waals surface area contributed by atoms with Crippen molar-refractivity contribution in [3.63, 3.8) is 0 Å². The van der Waals surface area contributed by atoms with E-state index < -0.39 is 0 Å². The highest BCUT2D eigenvalue weighted by atomic mass is 35.5. The number of rotatable bonds is 3. The quantitative estimate of drug-likeness (QED) is 0.528. The standard InChI is InChI=1S/C21H18ClN5O/c1-11-8-16-13(3)23-20(25-18(16)9-12(11)2)27-21-24-17(10-19(28)26-21)14-4-6-15(22)7-5-14/h4-10H,1-3H3,(H2,23,24,25,26,27,28). The lowest BCUT2D eigenvalue weighted by molar-refractivity contribution is 1.08. The third-order valence-electron chi connectivity index (χ3n) is 4.61. The normalized spacial score (nSPS) is 11.0. The Balaban J connectivity index is 1.74. The maximum atomic E-state index is 12.1. The van der Waals surface area contributed by atoms with Crippen molar-refractivity contribution in [1.82, 2.24) is 19.9 Å². The predicted octanol–water partition coefficient (Wildman–Crippen LogP) is 4.70. The molecule has 0 aliphatic rings. The summed E-state index contributed by atoms with van der Waals surface area (Å²) in [6, 6.07) is 12.7. The average Bonchev–Trinajstić information content (AvgIpc) is 2.63. The molecule has 0 amide bonds. The number of aryl methyl sites for hydroxylation is 3. The molecule has 0 atom stereocenters. The highest BCUT2D eigenvalue weighted by Gasteiger charge is 2.09. The van der Waals surface area contributed by atoms with Crippen LogP contribution in [0.15, 0.2) is 47.3 Å². The second-order valence-electron chi connectivity index (χ2n) is 6.70. The van der Waals surface area contributed by atoms with E-state index in [1.54, 1.807) is 12.1 Å².